The number of aromatic nitrogens is 2. The highest BCUT2D eigenvalue weighted by Gasteiger charge is 2.52. The maximum Gasteiger partial charge on any atom is 0.449 e. The zero-order chi connectivity index (χ0) is 18.5. The number of benzene rings is 1. The molecule has 1 aromatic heterocycles. The van der Waals surface area contributed by atoms with Crippen LogP contribution in [-0.4, -0.2) is 60.8 Å². The van der Waals surface area contributed by atoms with Gasteiger partial charge in [0.05, 0.1) is 30.9 Å². The van der Waals surface area contributed by atoms with Crippen LogP contribution in [-0.2, 0) is 15.7 Å². The Balaban J connectivity index is 1.59. The topological polar surface area (TPSA) is 67.5 Å². The SMILES string of the molecule is COC[C@@]12COC[C@@H]1CN(C(=O)c1ccc3nc(C(F)(F)F)[nH]c3c1)C2. The van der Waals surface area contributed by atoms with Crippen LogP contribution in [0.2, 0.25) is 0 Å². The van der Waals surface area contributed by atoms with Crippen molar-refractivity contribution in [3.8, 4) is 0 Å². The molecule has 2 fully saturated rings. The first-order valence-corrected chi connectivity index (χ1v) is 8.25. The number of halogens is 3. The standard InChI is InChI=1S/C17H18F3N3O3/c1-25-8-16-7-23(5-11(16)6-26-9-16)14(24)10-2-3-12-13(4-10)22-15(21-12)17(18,19)20/h2-4,11H,5-9H2,1H3,(H,21,22)/t11-,16-/m0/s1. The van der Waals surface area contributed by atoms with Crippen LogP contribution in [0, 0.1) is 11.3 Å². The molecular weight excluding hydrogens is 351 g/mol. The number of nitrogens with one attached hydrogen (secondary N) is 1. The molecule has 2 aromatic rings. The van der Waals surface area contributed by atoms with Gasteiger partial charge in [-0.1, -0.05) is 0 Å². The average molecular weight is 369 g/mol. The molecule has 1 aromatic carbocycles. The molecule has 4 rings (SSSR count). The van der Waals surface area contributed by atoms with Crippen molar-refractivity contribution in [1.29, 1.82) is 0 Å². The highest BCUT2D eigenvalue weighted by atomic mass is 19.4. The fourth-order valence-corrected chi connectivity index (χ4v) is 3.94. The van der Waals surface area contributed by atoms with Crippen LogP contribution < -0.4 is 0 Å². The molecule has 0 saturated carbocycles. The van der Waals surface area contributed by atoms with Crippen LogP contribution in [0.5, 0.6) is 0 Å². The molecule has 3 heterocycles. The number of carbonyl (C=O) groups excluding carboxylic acids is 1. The number of likely N-dealkylation sites (tertiary alicyclic amines) is 1. The van der Waals surface area contributed by atoms with Crippen LogP contribution in [0.15, 0.2) is 18.2 Å². The van der Waals surface area contributed by atoms with Crippen molar-refractivity contribution in [1.82, 2.24) is 14.9 Å². The molecule has 140 valence electrons. The lowest BCUT2D eigenvalue weighted by molar-refractivity contribution is -0.144. The molecule has 2 aliphatic rings. The molecule has 6 nitrogen and oxygen atoms in total. The third-order valence-corrected chi connectivity index (χ3v) is 5.24. The molecule has 1 amide bonds. The third kappa shape index (κ3) is 2.75. The van der Waals surface area contributed by atoms with E-state index >= 15 is 0 Å². The minimum atomic E-state index is -4.55. The van der Waals surface area contributed by atoms with E-state index in [1.807, 2.05) is 0 Å². The van der Waals surface area contributed by atoms with Crippen molar-refractivity contribution in [3.05, 3.63) is 29.6 Å². The number of ether oxygens (including phenoxy) is 2. The van der Waals surface area contributed by atoms with Gasteiger partial charge in [-0.05, 0) is 18.2 Å². The fourth-order valence-electron chi connectivity index (χ4n) is 3.94. The van der Waals surface area contributed by atoms with Crippen molar-refractivity contribution in [2.24, 2.45) is 11.3 Å². The number of hydrogen-bond donors (Lipinski definition) is 1. The largest absolute Gasteiger partial charge is 0.449 e. The Morgan fingerprint density at radius 3 is 3.04 bits per heavy atom. The van der Waals surface area contributed by atoms with Gasteiger partial charge in [-0.2, -0.15) is 13.2 Å². The van der Waals surface area contributed by atoms with E-state index in [0.717, 1.165) is 0 Å². The van der Waals surface area contributed by atoms with Gasteiger partial charge < -0.3 is 19.4 Å². The number of methoxy groups -OCH3 is 1. The lowest BCUT2D eigenvalue weighted by atomic mass is 9.82. The summed E-state index contributed by atoms with van der Waals surface area (Å²) in [7, 11) is 1.62. The summed E-state index contributed by atoms with van der Waals surface area (Å²) in [6.45, 7) is 2.71. The number of amides is 1. The van der Waals surface area contributed by atoms with Crippen molar-refractivity contribution in [2.75, 3.05) is 40.0 Å². The van der Waals surface area contributed by atoms with E-state index in [2.05, 4.69) is 9.97 Å². The third-order valence-electron chi connectivity index (χ3n) is 5.24. The number of H-pyrrole nitrogens is 1. The minimum Gasteiger partial charge on any atom is -0.384 e. The second-order valence-electron chi connectivity index (χ2n) is 7.01. The Labute approximate surface area is 147 Å². The van der Waals surface area contributed by atoms with Gasteiger partial charge in [0.15, 0.2) is 0 Å². The number of hydrogen-bond acceptors (Lipinski definition) is 4. The molecule has 0 radical (unpaired) electrons. The summed E-state index contributed by atoms with van der Waals surface area (Å²) in [4.78, 5) is 20.4. The Kier molecular flexibility index (Phi) is 3.96. The van der Waals surface area contributed by atoms with Gasteiger partial charge in [-0.3, -0.25) is 4.79 Å². The predicted octanol–water partition coefficient (Wildman–Crippen LogP) is 2.32. The lowest BCUT2D eigenvalue weighted by Gasteiger charge is -2.26. The Morgan fingerprint density at radius 1 is 1.50 bits per heavy atom. The molecule has 2 aliphatic heterocycles. The highest BCUT2D eigenvalue weighted by Crippen LogP contribution is 2.42. The van der Waals surface area contributed by atoms with Crippen LogP contribution in [0.4, 0.5) is 13.2 Å². The van der Waals surface area contributed by atoms with Gasteiger partial charge >= 0.3 is 6.18 Å². The molecule has 26 heavy (non-hydrogen) atoms. The molecule has 2 saturated heterocycles. The first-order valence-electron chi connectivity index (χ1n) is 8.25. The second kappa shape index (κ2) is 5.95. The summed E-state index contributed by atoms with van der Waals surface area (Å²) in [6, 6.07) is 4.37. The number of aromatic amines is 1. The molecule has 2 atom stereocenters. The number of rotatable bonds is 3. The quantitative estimate of drug-likeness (QED) is 0.902. The monoisotopic (exact) mass is 369 g/mol. The van der Waals surface area contributed by atoms with E-state index in [9.17, 15) is 18.0 Å². The van der Waals surface area contributed by atoms with E-state index < -0.39 is 12.0 Å². The van der Waals surface area contributed by atoms with Crippen LogP contribution in [0.1, 0.15) is 16.2 Å². The molecule has 9 heteroatoms. The summed E-state index contributed by atoms with van der Waals surface area (Å²) in [5.41, 5.74) is 0.503. The Bertz CT molecular complexity index is 851. The maximum absolute atomic E-state index is 12.9. The van der Waals surface area contributed by atoms with E-state index in [0.29, 0.717) is 38.5 Å². The smallest absolute Gasteiger partial charge is 0.384 e. The first-order chi connectivity index (χ1) is 12.3. The van der Waals surface area contributed by atoms with Gasteiger partial charge in [0.1, 0.15) is 0 Å². The number of alkyl halides is 3. The van der Waals surface area contributed by atoms with Crippen molar-refractivity contribution >= 4 is 16.9 Å². The number of imidazole rings is 1. The van der Waals surface area contributed by atoms with Gasteiger partial charge in [0.25, 0.3) is 5.91 Å². The predicted molar refractivity (Wildman–Crippen MR) is 85.6 cm³/mol. The highest BCUT2D eigenvalue weighted by molar-refractivity contribution is 5.97. The van der Waals surface area contributed by atoms with Crippen LogP contribution >= 0.6 is 0 Å². The number of fused-ring (bicyclic) bond motifs is 2. The lowest BCUT2D eigenvalue weighted by Crippen LogP contribution is -2.37. The summed E-state index contributed by atoms with van der Waals surface area (Å²) in [5, 5.41) is 0. The summed E-state index contributed by atoms with van der Waals surface area (Å²) in [5.74, 6) is -1.07. The molecule has 0 unspecified atom stereocenters. The van der Waals surface area contributed by atoms with Crippen LogP contribution in [0.3, 0.4) is 0 Å². The summed E-state index contributed by atoms with van der Waals surface area (Å²) >= 11 is 0. The van der Waals surface area contributed by atoms with Crippen molar-refractivity contribution < 1.29 is 27.4 Å². The molecule has 0 bridgehead atoms. The van der Waals surface area contributed by atoms with Gasteiger partial charge in [0.2, 0.25) is 5.82 Å². The van der Waals surface area contributed by atoms with Crippen molar-refractivity contribution in [2.45, 2.75) is 6.18 Å². The van der Waals surface area contributed by atoms with Crippen molar-refractivity contribution in [3.63, 3.8) is 0 Å². The number of nitrogens with zero attached hydrogens (tertiary/aromatic N) is 2. The van der Waals surface area contributed by atoms with E-state index in [-0.39, 0.29) is 28.3 Å². The van der Waals surface area contributed by atoms with Crippen LogP contribution in [0.25, 0.3) is 11.0 Å². The first kappa shape index (κ1) is 17.3. The molecule has 0 aliphatic carbocycles. The van der Waals surface area contributed by atoms with E-state index in [4.69, 9.17) is 9.47 Å². The molecular formula is C17H18F3N3O3. The summed E-state index contributed by atoms with van der Waals surface area (Å²) in [6.07, 6.45) is -4.55. The minimum absolute atomic E-state index is 0.177. The Morgan fingerprint density at radius 2 is 2.31 bits per heavy atom. The molecule has 1 N–H and O–H groups in total. The molecule has 0 spiro atoms. The summed E-state index contributed by atoms with van der Waals surface area (Å²) < 4.78 is 49.2. The Hall–Kier alpha value is -2.13. The van der Waals surface area contributed by atoms with E-state index in [1.54, 1.807) is 12.0 Å². The maximum atomic E-state index is 12.9. The second-order valence-corrected chi connectivity index (χ2v) is 7.01. The zero-order valence-corrected chi connectivity index (χ0v) is 14.1. The normalized spacial score (nSPS) is 25.8. The van der Waals surface area contributed by atoms with Gasteiger partial charge in [0, 0.05) is 37.1 Å². The zero-order valence-electron chi connectivity index (χ0n) is 14.1. The number of carbonyl (C=O) groups is 1. The van der Waals surface area contributed by atoms with Gasteiger partial charge in [-0.15, -0.1) is 0 Å². The fraction of sp³-hybridized carbons (Fsp3) is 0.529. The average Bonchev–Trinajstić information content (AvgIpc) is 3.24. The van der Waals surface area contributed by atoms with E-state index in [1.165, 1.54) is 18.2 Å². The van der Waals surface area contributed by atoms with Gasteiger partial charge in [-0.25, -0.2) is 4.98 Å².